The minimum absolute atomic E-state index is 0.628. The SMILES string of the molecule is Clc1cc(Cl)cc(-c2ccc(N(c3ccc(-c4ccccc4)cc3)c3ccc4sc5ccccc5c4c3)cc2)c1. The van der Waals surface area contributed by atoms with Crippen molar-refractivity contribution in [1.82, 2.24) is 0 Å². The maximum atomic E-state index is 6.29. The van der Waals surface area contributed by atoms with Crippen LogP contribution in [0.3, 0.4) is 0 Å². The molecule has 0 unspecified atom stereocenters. The normalized spacial score (nSPS) is 11.2. The molecule has 0 aliphatic rings. The van der Waals surface area contributed by atoms with Crippen LogP contribution in [0.2, 0.25) is 10.0 Å². The molecule has 0 aliphatic heterocycles. The zero-order valence-electron chi connectivity index (χ0n) is 21.4. The number of benzene rings is 6. The molecule has 0 N–H and O–H groups in total. The molecule has 0 saturated heterocycles. The Morgan fingerprint density at radius 1 is 0.400 bits per heavy atom. The van der Waals surface area contributed by atoms with E-state index in [2.05, 4.69) is 120 Å². The highest BCUT2D eigenvalue weighted by molar-refractivity contribution is 7.25. The monoisotopic (exact) mass is 571 g/mol. The number of fused-ring (bicyclic) bond motifs is 3. The van der Waals surface area contributed by atoms with Gasteiger partial charge in [0.05, 0.1) is 0 Å². The maximum Gasteiger partial charge on any atom is 0.0468 e. The van der Waals surface area contributed by atoms with Crippen LogP contribution in [0.15, 0.2) is 140 Å². The third kappa shape index (κ3) is 4.76. The summed E-state index contributed by atoms with van der Waals surface area (Å²) in [6, 6.07) is 48.9. The third-order valence-electron chi connectivity index (χ3n) is 7.17. The largest absolute Gasteiger partial charge is 0.310 e. The Kier molecular flexibility index (Phi) is 6.53. The summed E-state index contributed by atoms with van der Waals surface area (Å²) in [6.45, 7) is 0. The predicted molar refractivity (Wildman–Crippen MR) is 175 cm³/mol. The summed E-state index contributed by atoms with van der Waals surface area (Å²) in [5.41, 5.74) is 7.73. The molecule has 1 aromatic heterocycles. The summed E-state index contributed by atoms with van der Waals surface area (Å²) in [4.78, 5) is 2.31. The molecule has 192 valence electrons. The molecular formula is C36H23Cl2NS. The molecule has 0 spiro atoms. The van der Waals surface area contributed by atoms with Gasteiger partial charge in [-0.2, -0.15) is 0 Å². The van der Waals surface area contributed by atoms with E-state index in [1.165, 1.54) is 31.3 Å². The van der Waals surface area contributed by atoms with Crippen molar-refractivity contribution in [3.8, 4) is 22.3 Å². The standard InChI is InChI=1S/C36H23Cl2NS/c37-28-20-27(21-29(38)22-28)26-12-16-31(17-13-26)39(30-14-10-25(11-15-30)24-6-2-1-3-7-24)32-18-19-36-34(23-32)33-8-4-5-9-35(33)40-36/h1-23H. The van der Waals surface area contributed by atoms with Crippen molar-refractivity contribution < 1.29 is 0 Å². The lowest BCUT2D eigenvalue weighted by Gasteiger charge is -2.26. The van der Waals surface area contributed by atoms with E-state index in [0.29, 0.717) is 10.0 Å². The van der Waals surface area contributed by atoms with Gasteiger partial charge in [0.1, 0.15) is 0 Å². The minimum atomic E-state index is 0.628. The van der Waals surface area contributed by atoms with E-state index in [1.54, 1.807) is 6.07 Å². The number of hydrogen-bond donors (Lipinski definition) is 0. The fourth-order valence-corrected chi connectivity index (χ4v) is 6.87. The highest BCUT2D eigenvalue weighted by Gasteiger charge is 2.15. The van der Waals surface area contributed by atoms with E-state index in [0.717, 1.165) is 28.2 Å². The number of halogens is 2. The molecule has 1 nitrogen and oxygen atoms in total. The first kappa shape index (κ1) is 24.9. The number of nitrogens with zero attached hydrogens (tertiary/aromatic N) is 1. The van der Waals surface area contributed by atoms with Gasteiger partial charge < -0.3 is 4.90 Å². The average Bonchev–Trinajstić information content (AvgIpc) is 3.36. The minimum Gasteiger partial charge on any atom is -0.310 e. The van der Waals surface area contributed by atoms with Crippen LogP contribution in [0.1, 0.15) is 0 Å². The van der Waals surface area contributed by atoms with E-state index in [9.17, 15) is 0 Å². The van der Waals surface area contributed by atoms with Gasteiger partial charge in [-0.05, 0) is 89.0 Å². The Bertz CT molecular complexity index is 1940. The predicted octanol–water partition coefficient (Wildman–Crippen LogP) is 12.2. The molecule has 40 heavy (non-hydrogen) atoms. The summed E-state index contributed by atoms with van der Waals surface area (Å²) in [5, 5.41) is 3.82. The lowest BCUT2D eigenvalue weighted by molar-refractivity contribution is 1.29. The molecule has 0 atom stereocenters. The molecule has 7 aromatic rings. The van der Waals surface area contributed by atoms with Crippen LogP contribution in [0, 0.1) is 0 Å². The van der Waals surface area contributed by atoms with Crippen LogP contribution < -0.4 is 4.90 Å². The molecule has 0 saturated carbocycles. The Balaban J connectivity index is 1.35. The first-order valence-electron chi connectivity index (χ1n) is 13.1. The van der Waals surface area contributed by atoms with Crippen molar-refractivity contribution in [3.63, 3.8) is 0 Å². The maximum absolute atomic E-state index is 6.29. The van der Waals surface area contributed by atoms with Gasteiger partial charge in [0, 0.05) is 47.3 Å². The highest BCUT2D eigenvalue weighted by Crippen LogP contribution is 2.41. The van der Waals surface area contributed by atoms with Crippen molar-refractivity contribution in [2.45, 2.75) is 0 Å². The number of rotatable bonds is 5. The smallest absolute Gasteiger partial charge is 0.0468 e. The van der Waals surface area contributed by atoms with Crippen LogP contribution in [0.5, 0.6) is 0 Å². The second kappa shape index (κ2) is 10.5. The number of hydrogen-bond acceptors (Lipinski definition) is 2. The van der Waals surface area contributed by atoms with E-state index in [-0.39, 0.29) is 0 Å². The number of thiophene rings is 1. The number of anilines is 3. The third-order valence-corrected chi connectivity index (χ3v) is 8.76. The van der Waals surface area contributed by atoms with Crippen LogP contribution in [0.25, 0.3) is 42.4 Å². The molecule has 0 radical (unpaired) electrons. The Morgan fingerprint density at radius 3 is 1.60 bits per heavy atom. The summed E-state index contributed by atoms with van der Waals surface area (Å²) < 4.78 is 2.59. The molecule has 0 fully saturated rings. The molecule has 7 rings (SSSR count). The summed E-state index contributed by atoms with van der Waals surface area (Å²) in [6.07, 6.45) is 0. The Hall–Kier alpha value is -4.08. The molecule has 4 heteroatoms. The van der Waals surface area contributed by atoms with Crippen molar-refractivity contribution in [2.75, 3.05) is 4.90 Å². The van der Waals surface area contributed by atoms with Gasteiger partial charge >= 0.3 is 0 Å². The zero-order valence-corrected chi connectivity index (χ0v) is 23.7. The van der Waals surface area contributed by atoms with Gasteiger partial charge in [0.2, 0.25) is 0 Å². The van der Waals surface area contributed by atoms with Crippen LogP contribution in [-0.2, 0) is 0 Å². The van der Waals surface area contributed by atoms with Crippen molar-refractivity contribution >= 4 is 71.8 Å². The quantitative estimate of drug-likeness (QED) is 0.198. The first-order chi connectivity index (χ1) is 19.6. The van der Waals surface area contributed by atoms with Crippen molar-refractivity contribution in [2.24, 2.45) is 0 Å². The first-order valence-corrected chi connectivity index (χ1v) is 14.6. The van der Waals surface area contributed by atoms with Gasteiger partial charge in [0.25, 0.3) is 0 Å². The van der Waals surface area contributed by atoms with E-state index >= 15 is 0 Å². The van der Waals surface area contributed by atoms with E-state index in [1.807, 2.05) is 29.5 Å². The Morgan fingerprint density at radius 2 is 0.925 bits per heavy atom. The van der Waals surface area contributed by atoms with Gasteiger partial charge in [-0.1, -0.05) is 96.0 Å². The molecule has 6 aromatic carbocycles. The van der Waals surface area contributed by atoms with Crippen molar-refractivity contribution in [1.29, 1.82) is 0 Å². The van der Waals surface area contributed by atoms with Gasteiger partial charge in [0.15, 0.2) is 0 Å². The van der Waals surface area contributed by atoms with Crippen LogP contribution >= 0.6 is 34.5 Å². The second-order valence-corrected chi connectivity index (χ2v) is 11.7. The molecule has 0 aliphatic carbocycles. The molecule has 0 amide bonds. The fourth-order valence-electron chi connectivity index (χ4n) is 5.26. The topological polar surface area (TPSA) is 3.24 Å². The van der Waals surface area contributed by atoms with E-state index < -0.39 is 0 Å². The van der Waals surface area contributed by atoms with Gasteiger partial charge in [-0.15, -0.1) is 11.3 Å². The molecular weight excluding hydrogens is 549 g/mol. The second-order valence-electron chi connectivity index (χ2n) is 9.73. The van der Waals surface area contributed by atoms with Crippen molar-refractivity contribution in [3.05, 3.63) is 150 Å². The van der Waals surface area contributed by atoms with Gasteiger partial charge in [-0.3, -0.25) is 0 Å². The summed E-state index contributed by atoms with van der Waals surface area (Å²) in [7, 11) is 0. The molecule has 1 heterocycles. The van der Waals surface area contributed by atoms with Crippen LogP contribution in [-0.4, -0.2) is 0 Å². The molecule has 0 bridgehead atoms. The Labute approximate surface area is 247 Å². The lowest BCUT2D eigenvalue weighted by atomic mass is 10.0. The van der Waals surface area contributed by atoms with E-state index in [4.69, 9.17) is 23.2 Å². The van der Waals surface area contributed by atoms with Gasteiger partial charge in [-0.25, -0.2) is 0 Å². The summed E-state index contributed by atoms with van der Waals surface area (Å²) in [5.74, 6) is 0. The lowest BCUT2D eigenvalue weighted by Crippen LogP contribution is -2.09. The zero-order chi connectivity index (χ0) is 27.1. The highest BCUT2D eigenvalue weighted by atomic mass is 35.5. The summed E-state index contributed by atoms with van der Waals surface area (Å²) >= 11 is 14.4. The fraction of sp³-hybridized carbons (Fsp3) is 0. The average molecular weight is 573 g/mol. The van der Waals surface area contributed by atoms with Crippen LogP contribution in [0.4, 0.5) is 17.1 Å².